The van der Waals surface area contributed by atoms with E-state index in [-0.39, 0.29) is 19.0 Å². The average Bonchev–Trinajstić information content (AvgIpc) is 3.16. The van der Waals surface area contributed by atoms with E-state index in [9.17, 15) is 18.0 Å². The number of rotatable bonds is 7. The van der Waals surface area contributed by atoms with Crippen molar-refractivity contribution in [3.63, 3.8) is 0 Å². The molecule has 30 heavy (non-hydrogen) atoms. The third kappa shape index (κ3) is 7.33. The van der Waals surface area contributed by atoms with Crippen LogP contribution in [0.5, 0.6) is 0 Å². The van der Waals surface area contributed by atoms with Gasteiger partial charge in [-0.2, -0.15) is 13.2 Å². The SMILES string of the molecule is CC(C)c1csc(CNC(=NCc2cccc(C(F)(F)F)c2)NCC(=O)N(C)C)n1. The summed E-state index contributed by atoms with van der Waals surface area (Å²) < 4.78 is 38.7. The molecule has 0 unspecified atom stereocenters. The summed E-state index contributed by atoms with van der Waals surface area (Å²) in [6.45, 7) is 4.55. The number of benzene rings is 1. The average molecular weight is 442 g/mol. The van der Waals surface area contributed by atoms with Crippen molar-refractivity contribution in [3.05, 3.63) is 51.5 Å². The fourth-order valence-corrected chi connectivity index (χ4v) is 3.23. The first-order valence-electron chi connectivity index (χ1n) is 9.39. The number of nitrogens with one attached hydrogen (secondary N) is 2. The van der Waals surface area contributed by atoms with Crippen LogP contribution in [-0.2, 0) is 24.1 Å². The van der Waals surface area contributed by atoms with Gasteiger partial charge in [0.25, 0.3) is 0 Å². The molecule has 164 valence electrons. The zero-order valence-corrected chi connectivity index (χ0v) is 18.2. The van der Waals surface area contributed by atoms with Crippen molar-refractivity contribution in [3.8, 4) is 0 Å². The Hall–Kier alpha value is -2.62. The number of amides is 1. The third-order valence-electron chi connectivity index (χ3n) is 4.15. The topological polar surface area (TPSA) is 69.6 Å². The van der Waals surface area contributed by atoms with Gasteiger partial charge in [-0.05, 0) is 23.6 Å². The summed E-state index contributed by atoms with van der Waals surface area (Å²) in [5, 5.41) is 8.85. The number of carbonyl (C=O) groups excluding carboxylic acids is 1. The normalized spacial score (nSPS) is 12.2. The number of hydrogen-bond donors (Lipinski definition) is 2. The van der Waals surface area contributed by atoms with Gasteiger partial charge in [0.15, 0.2) is 5.96 Å². The molecule has 1 aromatic heterocycles. The van der Waals surface area contributed by atoms with Crippen molar-refractivity contribution in [2.75, 3.05) is 20.6 Å². The van der Waals surface area contributed by atoms with Crippen LogP contribution in [0.25, 0.3) is 0 Å². The standard InChI is InChI=1S/C20H26F3N5OS/c1-13(2)16-12-30-17(27-16)10-25-19(26-11-18(29)28(3)4)24-9-14-6-5-7-15(8-14)20(21,22)23/h5-8,12-13H,9-11H2,1-4H3,(H2,24,25,26). The Morgan fingerprint density at radius 1 is 1.27 bits per heavy atom. The molecule has 10 heteroatoms. The summed E-state index contributed by atoms with van der Waals surface area (Å²) in [5.41, 5.74) is 0.695. The molecule has 0 fully saturated rings. The molecule has 0 aliphatic carbocycles. The summed E-state index contributed by atoms with van der Waals surface area (Å²) in [5.74, 6) is 0.490. The lowest BCUT2D eigenvalue weighted by Crippen LogP contribution is -2.42. The monoisotopic (exact) mass is 441 g/mol. The summed E-state index contributed by atoms with van der Waals surface area (Å²) in [6, 6.07) is 5.03. The van der Waals surface area contributed by atoms with Gasteiger partial charge >= 0.3 is 6.18 Å². The van der Waals surface area contributed by atoms with E-state index in [1.54, 1.807) is 20.2 Å². The lowest BCUT2D eigenvalue weighted by molar-refractivity contribution is -0.137. The van der Waals surface area contributed by atoms with Gasteiger partial charge in [-0.1, -0.05) is 26.0 Å². The number of likely N-dealkylation sites (N-methyl/N-ethyl adjacent to an activating group) is 1. The molecule has 0 atom stereocenters. The Morgan fingerprint density at radius 3 is 2.60 bits per heavy atom. The highest BCUT2D eigenvalue weighted by Gasteiger charge is 2.30. The van der Waals surface area contributed by atoms with Gasteiger partial charge in [0, 0.05) is 19.5 Å². The van der Waals surface area contributed by atoms with Crippen LogP contribution in [0.4, 0.5) is 13.2 Å². The van der Waals surface area contributed by atoms with E-state index in [0.29, 0.717) is 24.0 Å². The largest absolute Gasteiger partial charge is 0.416 e. The van der Waals surface area contributed by atoms with E-state index in [1.165, 1.54) is 22.3 Å². The van der Waals surface area contributed by atoms with Crippen molar-refractivity contribution in [1.82, 2.24) is 20.5 Å². The highest BCUT2D eigenvalue weighted by molar-refractivity contribution is 7.09. The number of aliphatic imine (C=N–C) groups is 1. The second-order valence-electron chi connectivity index (χ2n) is 7.18. The number of halogens is 3. The predicted molar refractivity (Wildman–Crippen MR) is 112 cm³/mol. The number of alkyl halides is 3. The zero-order chi connectivity index (χ0) is 22.3. The molecular formula is C20H26F3N5OS. The molecule has 1 amide bonds. The van der Waals surface area contributed by atoms with Crippen molar-refractivity contribution >= 4 is 23.2 Å². The molecule has 1 aromatic carbocycles. The van der Waals surface area contributed by atoms with Gasteiger partial charge in [0.05, 0.1) is 30.9 Å². The van der Waals surface area contributed by atoms with Gasteiger partial charge in [-0.3, -0.25) is 4.79 Å². The van der Waals surface area contributed by atoms with Crippen LogP contribution in [0.1, 0.15) is 41.6 Å². The van der Waals surface area contributed by atoms with Gasteiger partial charge < -0.3 is 15.5 Å². The van der Waals surface area contributed by atoms with Crippen LogP contribution in [0.15, 0.2) is 34.6 Å². The molecule has 2 aromatic rings. The van der Waals surface area contributed by atoms with Gasteiger partial charge in [-0.25, -0.2) is 9.98 Å². The minimum atomic E-state index is -4.41. The molecule has 1 heterocycles. The second-order valence-corrected chi connectivity index (χ2v) is 8.12. The molecule has 0 spiro atoms. The first kappa shape index (κ1) is 23.7. The third-order valence-corrected chi connectivity index (χ3v) is 5.02. The van der Waals surface area contributed by atoms with Crippen LogP contribution >= 0.6 is 11.3 Å². The van der Waals surface area contributed by atoms with Crippen LogP contribution < -0.4 is 10.6 Å². The number of hydrogen-bond acceptors (Lipinski definition) is 4. The van der Waals surface area contributed by atoms with Crippen LogP contribution in [0.3, 0.4) is 0 Å². The van der Waals surface area contributed by atoms with Crippen molar-refractivity contribution in [2.24, 2.45) is 4.99 Å². The molecule has 0 aliphatic heterocycles. The Morgan fingerprint density at radius 2 is 2.00 bits per heavy atom. The molecule has 0 saturated carbocycles. The van der Waals surface area contributed by atoms with E-state index in [0.717, 1.165) is 22.8 Å². The number of thiazole rings is 1. The maximum Gasteiger partial charge on any atom is 0.416 e. The smallest absolute Gasteiger partial charge is 0.350 e. The summed E-state index contributed by atoms with van der Waals surface area (Å²) >= 11 is 1.51. The quantitative estimate of drug-likeness (QED) is 0.509. The van der Waals surface area contributed by atoms with Crippen molar-refractivity contribution in [2.45, 2.75) is 39.0 Å². The molecule has 0 radical (unpaired) electrons. The van der Waals surface area contributed by atoms with Gasteiger partial charge in [-0.15, -0.1) is 11.3 Å². The molecule has 6 nitrogen and oxygen atoms in total. The molecule has 0 saturated heterocycles. The van der Waals surface area contributed by atoms with E-state index >= 15 is 0 Å². The Bertz CT molecular complexity index is 877. The summed E-state index contributed by atoms with van der Waals surface area (Å²) in [7, 11) is 3.28. The van der Waals surface area contributed by atoms with E-state index < -0.39 is 11.7 Å². The molecule has 0 aliphatic rings. The maximum absolute atomic E-state index is 12.9. The number of nitrogens with zero attached hydrogens (tertiary/aromatic N) is 3. The fraction of sp³-hybridized carbons (Fsp3) is 0.450. The zero-order valence-electron chi connectivity index (χ0n) is 17.4. The highest BCUT2D eigenvalue weighted by Crippen LogP contribution is 2.29. The van der Waals surface area contributed by atoms with E-state index in [2.05, 4.69) is 34.5 Å². The van der Waals surface area contributed by atoms with Crippen LogP contribution in [-0.4, -0.2) is 42.4 Å². The fourth-order valence-electron chi connectivity index (χ4n) is 2.34. The van der Waals surface area contributed by atoms with Crippen molar-refractivity contribution < 1.29 is 18.0 Å². The van der Waals surface area contributed by atoms with E-state index in [1.807, 2.05) is 5.38 Å². The Kier molecular flexibility index (Phi) is 8.22. The van der Waals surface area contributed by atoms with Crippen molar-refractivity contribution in [1.29, 1.82) is 0 Å². The predicted octanol–water partition coefficient (Wildman–Crippen LogP) is 3.61. The number of guanidine groups is 1. The first-order valence-corrected chi connectivity index (χ1v) is 10.3. The van der Waals surface area contributed by atoms with Crippen LogP contribution in [0.2, 0.25) is 0 Å². The highest BCUT2D eigenvalue weighted by atomic mass is 32.1. The Balaban J connectivity index is 2.10. The lowest BCUT2D eigenvalue weighted by atomic mass is 10.1. The van der Waals surface area contributed by atoms with Gasteiger partial charge in [0.1, 0.15) is 5.01 Å². The second kappa shape index (κ2) is 10.4. The summed E-state index contributed by atoms with van der Waals surface area (Å²) in [4.78, 5) is 22.2. The lowest BCUT2D eigenvalue weighted by Gasteiger charge is -2.14. The summed E-state index contributed by atoms with van der Waals surface area (Å²) in [6.07, 6.45) is -4.41. The van der Waals surface area contributed by atoms with Gasteiger partial charge in [0.2, 0.25) is 5.91 Å². The number of carbonyl (C=O) groups is 1. The molecule has 0 bridgehead atoms. The van der Waals surface area contributed by atoms with Crippen LogP contribution in [0, 0.1) is 0 Å². The molecule has 2 rings (SSSR count). The molecule has 2 N–H and O–H groups in total. The Labute approximate surface area is 178 Å². The maximum atomic E-state index is 12.9. The first-order chi connectivity index (χ1) is 14.1. The molecular weight excluding hydrogens is 415 g/mol. The minimum Gasteiger partial charge on any atom is -0.350 e. The minimum absolute atomic E-state index is 0.0105. The van der Waals surface area contributed by atoms with E-state index in [4.69, 9.17) is 0 Å². The number of aromatic nitrogens is 1.